The van der Waals surface area contributed by atoms with Gasteiger partial charge in [0.05, 0.1) is 56.8 Å². The van der Waals surface area contributed by atoms with Crippen LogP contribution in [0.2, 0.25) is 0 Å². The van der Waals surface area contributed by atoms with E-state index in [1.165, 1.54) is 6.92 Å². The summed E-state index contributed by atoms with van der Waals surface area (Å²) in [5.41, 5.74) is 0. The summed E-state index contributed by atoms with van der Waals surface area (Å²) in [7, 11) is 0. The monoisotopic (exact) mass is 825 g/mol. The molecule has 5 rings (SSSR count). The number of ether oxygens (including phenoxy) is 7. The molecule has 0 amide bonds. The first-order chi connectivity index (χ1) is 26.4. The second-order valence-corrected chi connectivity index (χ2v) is 14.7. The minimum Gasteiger partial charge on any atom is -0.396 e. The van der Waals surface area contributed by atoms with Crippen molar-refractivity contribution in [3.8, 4) is 0 Å². The molecule has 0 aromatic heterocycles. The van der Waals surface area contributed by atoms with E-state index in [9.17, 15) is 86.8 Å². The molecule has 18 N–H and O–H groups in total. The molecule has 1 unspecified atom stereocenters. The Bertz CT molecular complexity index is 1220. The van der Waals surface area contributed by atoms with Crippen LogP contribution in [0.25, 0.3) is 0 Å². The van der Waals surface area contributed by atoms with Crippen LogP contribution in [-0.2, 0) is 33.2 Å². The fourth-order valence-corrected chi connectivity index (χ4v) is 7.71. The summed E-state index contributed by atoms with van der Waals surface area (Å²) >= 11 is 0. The van der Waals surface area contributed by atoms with Crippen molar-refractivity contribution in [1.82, 2.24) is 5.32 Å². The smallest absolute Gasteiger partial charge is 0.187 e. The maximum Gasteiger partial charge on any atom is 0.187 e. The van der Waals surface area contributed by atoms with Crippen LogP contribution in [0.15, 0.2) is 0 Å². The molecule has 0 aromatic carbocycles. The Morgan fingerprint density at radius 1 is 0.393 bits per heavy atom. The van der Waals surface area contributed by atoms with Gasteiger partial charge in [-0.15, -0.1) is 0 Å². The van der Waals surface area contributed by atoms with Gasteiger partial charge in [-0.1, -0.05) is 0 Å². The number of rotatable bonds is 12. The Morgan fingerprint density at radius 3 is 1.23 bits per heavy atom. The zero-order valence-corrected chi connectivity index (χ0v) is 29.8. The normalized spacial score (nSPS) is 54.5. The van der Waals surface area contributed by atoms with E-state index < -0.39 is 186 Å². The van der Waals surface area contributed by atoms with Gasteiger partial charge in [0.1, 0.15) is 97.7 Å². The quantitative estimate of drug-likeness (QED) is 0.0868. The summed E-state index contributed by atoms with van der Waals surface area (Å²) in [6.07, 6.45) is -40.8. The lowest BCUT2D eigenvalue weighted by atomic mass is 9.76. The second-order valence-electron chi connectivity index (χ2n) is 14.7. The molecule has 328 valence electrons. The largest absolute Gasteiger partial charge is 0.396 e. The highest BCUT2D eigenvalue weighted by Crippen LogP contribution is 2.35. The molecule has 25 heteroatoms. The maximum absolute atomic E-state index is 11.1. The average Bonchev–Trinajstić information content (AvgIpc) is 3.18. The molecule has 0 bridgehead atoms. The molecule has 56 heavy (non-hydrogen) atoms. The van der Waals surface area contributed by atoms with Gasteiger partial charge in [0, 0.05) is 5.92 Å². The van der Waals surface area contributed by atoms with E-state index in [0.29, 0.717) is 0 Å². The van der Waals surface area contributed by atoms with Gasteiger partial charge in [-0.2, -0.15) is 0 Å². The highest BCUT2D eigenvalue weighted by molar-refractivity contribution is 5.05. The fourth-order valence-electron chi connectivity index (χ4n) is 7.71. The molecule has 5 aliphatic rings. The summed E-state index contributed by atoms with van der Waals surface area (Å²) in [5, 5.41) is 180. The van der Waals surface area contributed by atoms with Crippen LogP contribution >= 0.6 is 0 Å². The zero-order chi connectivity index (χ0) is 41.5. The second kappa shape index (κ2) is 19.1. The SMILES string of the molecule is C[C@H]1O[C@H](O[C@H]2[C@H](O)[C@@H](O)[C@@H](O[C@H]3[C@H](O)[C@@H](O)[C@@H](O[C@H]4[C@H](O)[C@@H](O)C(O)O[C@@H]4CO)O[C@@H]3CO)O[C@@H]2CO)[C@H](O)[C@@H](O)[C@@H]1N[C@@H]1[C@H](O)[C@@H](O)[C@H](O)[C@@H](CO)[C@H]1O. The van der Waals surface area contributed by atoms with Crippen molar-refractivity contribution in [3.05, 3.63) is 0 Å². The first-order valence-corrected chi connectivity index (χ1v) is 18.0. The lowest BCUT2D eigenvalue weighted by molar-refractivity contribution is -0.385. The van der Waals surface area contributed by atoms with Crippen molar-refractivity contribution in [3.63, 3.8) is 0 Å². The minimum atomic E-state index is -2.07. The first kappa shape index (κ1) is 46.1. The number of nitrogens with one attached hydrogen (secondary N) is 1. The fraction of sp³-hybridized carbons (Fsp3) is 1.00. The minimum absolute atomic E-state index is 0.764. The van der Waals surface area contributed by atoms with Gasteiger partial charge in [0.15, 0.2) is 25.2 Å². The lowest BCUT2D eigenvalue weighted by Crippen LogP contribution is -2.72. The molecule has 0 radical (unpaired) electrons. The van der Waals surface area contributed by atoms with Crippen LogP contribution in [-0.4, -0.2) is 266 Å². The number of aliphatic hydroxyl groups excluding tert-OH is 17. The van der Waals surface area contributed by atoms with Gasteiger partial charge in [-0.25, -0.2) is 0 Å². The molecule has 0 spiro atoms. The molecule has 1 aliphatic carbocycles. The van der Waals surface area contributed by atoms with Gasteiger partial charge in [0.2, 0.25) is 0 Å². The summed E-state index contributed by atoms with van der Waals surface area (Å²) in [5.74, 6) is -1.28. The number of hydrogen-bond donors (Lipinski definition) is 18. The standard InChI is InChI=1S/C31H55NO24/c1-6-11(32-12-13(37)7(2-33)14(38)17(41)16(12)40)15(39)22(46)29(50-6)54-26-9(4-35)52-31(23(47)19(26)43)56-27-10(5-36)53-30(24(48)20(27)44)55-25-8(3-34)51-28(49)21(45)18(25)42/h6-49H,2-5H2,1H3/t6-,7+,8-,9-,10-,11-,12+,13-,14-,15+,16+,17+,18-,19-,20-,21-,22-,23-,24-,25-,26-,27-,28?,29-,30-,31-/m1/s1. The molecule has 0 aromatic rings. The number of aliphatic hydroxyl groups is 17. The van der Waals surface area contributed by atoms with Gasteiger partial charge in [0.25, 0.3) is 0 Å². The molecular formula is C31H55NO24. The molecule has 4 heterocycles. The van der Waals surface area contributed by atoms with Crippen LogP contribution in [0.5, 0.6) is 0 Å². The zero-order valence-electron chi connectivity index (χ0n) is 29.8. The third kappa shape index (κ3) is 8.89. The third-order valence-corrected chi connectivity index (χ3v) is 11.1. The van der Waals surface area contributed by atoms with Crippen molar-refractivity contribution in [2.75, 3.05) is 26.4 Å². The van der Waals surface area contributed by atoms with E-state index in [4.69, 9.17) is 33.2 Å². The number of hydrogen-bond acceptors (Lipinski definition) is 25. The van der Waals surface area contributed by atoms with Crippen molar-refractivity contribution < 1.29 is 120 Å². The van der Waals surface area contributed by atoms with Crippen molar-refractivity contribution in [1.29, 1.82) is 0 Å². The molecule has 5 fully saturated rings. The van der Waals surface area contributed by atoms with Crippen molar-refractivity contribution >= 4 is 0 Å². The van der Waals surface area contributed by atoms with Crippen LogP contribution in [0.4, 0.5) is 0 Å². The van der Waals surface area contributed by atoms with Gasteiger partial charge < -0.3 is 125 Å². The summed E-state index contributed by atoms with van der Waals surface area (Å²) in [6, 6.07) is -2.70. The van der Waals surface area contributed by atoms with Gasteiger partial charge >= 0.3 is 0 Å². The van der Waals surface area contributed by atoms with Crippen LogP contribution in [0.3, 0.4) is 0 Å². The summed E-state index contributed by atoms with van der Waals surface area (Å²) < 4.78 is 38.7. The van der Waals surface area contributed by atoms with E-state index >= 15 is 0 Å². The van der Waals surface area contributed by atoms with Crippen molar-refractivity contribution in [2.24, 2.45) is 5.92 Å². The molecule has 4 aliphatic heterocycles. The first-order valence-electron chi connectivity index (χ1n) is 18.0. The van der Waals surface area contributed by atoms with E-state index in [2.05, 4.69) is 5.32 Å². The molecule has 26 atom stereocenters. The topological polar surface area (TPSA) is 421 Å². The van der Waals surface area contributed by atoms with E-state index in [-0.39, 0.29) is 0 Å². The molecule has 1 saturated carbocycles. The molecule has 4 saturated heterocycles. The summed E-state index contributed by atoms with van der Waals surface area (Å²) in [6.45, 7) is -2.06. The Morgan fingerprint density at radius 2 is 0.786 bits per heavy atom. The predicted molar refractivity (Wildman–Crippen MR) is 172 cm³/mol. The van der Waals surface area contributed by atoms with E-state index in [0.717, 1.165) is 0 Å². The molecular weight excluding hydrogens is 770 g/mol. The Labute approximate surface area is 318 Å². The van der Waals surface area contributed by atoms with E-state index in [1.54, 1.807) is 0 Å². The summed E-state index contributed by atoms with van der Waals surface area (Å²) in [4.78, 5) is 0. The van der Waals surface area contributed by atoms with Crippen LogP contribution in [0, 0.1) is 5.92 Å². The highest BCUT2D eigenvalue weighted by atomic mass is 16.8. The Hall–Kier alpha value is -1.00. The Balaban J connectivity index is 1.22. The third-order valence-electron chi connectivity index (χ3n) is 11.1. The predicted octanol–water partition coefficient (Wildman–Crippen LogP) is -11.7. The highest BCUT2D eigenvalue weighted by Gasteiger charge is 2.56. The van der Waals surface area contributed by atoms with E-state index in [1.807, 2.05) is 0 Å². The lowest BCUT2D eigenvalue weighted by Gasteiger charge is -2.50. The van der Waals surface area contributed by atoms with Gasteiger partial charge in [-0.3, -0.25) is 0 Å². The Kier molecular flexibility index (Phi) is 15.8. The van der Waals surface area contributed by atoms with Crippen LogP contribution < -0.4 is 5.32 Å². The van der Waals surface area contributed by atoms with Crippen LogP contribution in [0.1, 0.15) is 6.92 Å². The molecule has 25 nitrogen and oxygen atoms in total. The maximum atomic E-state index is 11.1. The van der Waals surface area contributed by atoms with Gasteiger partial charge in [-0.05, 0) is 6.92 Å². The average molecular weight is 826 g/mol. The van der Waals surface area contributed by atoms with Crippen molar-refractivity contribution in [2.45, 2.75) is 160 Å².